The summed E-state index contributed by atoms with van der Waals surface area (Å²) in [5.41, 5.74) is 1.62. The number of rotatable bonds is 5. The summed E-state index contributed by atoms with van der Waals surface area (Å²) in [7, 11) is 1.69. The fourth-order valence-electron chi connectivity index (χ4n) is 3.25. The fraction of sp³-hybridized carbons (Fsp3) is 0.190. The van der Waals surface area contributed by atoms with Gasteiger partial charge in [-0.1, -0.05) is 11.6 Å². The number of pyridine rings is 1. The number of hydrogen-bond donors (Lipinski definition) is 1. The summed E-state index contributed by atoms with van der Waals surface area (Å²) in [5.74, 6) is -0.322. The van der Waals surface area contributed by atoms with Gasteiger partial charge in [0, 0.05) is 12.1 Å². The first-order valence-corrected chi connectivity index (χ1v) is 9.69. The number of ether oxygens (including phenoxy) is 1. The number of nitrogens with one attached hydrogen (secondary N) is 1. The monoisotopic (exact) mass is 464 g/mol. The molecular formula is C21H16ClF3N4O3. The van der Waals surface area contributed by atoms with Crippen molar-refractivity contribution in [1.82, 2.24) is 14.8 Å². The van der Waals surface area contributed by atoms with Crippen molar-refractivity contribution in [2.75, 3.05) is 11.9 Å². The Morgan fingerprint density at radius 1 is 1.28 bits per heavy atom. The first-order valence-electron chi connectivity index (χ1n) is 9.31. The summed E-state index contributed by atoms with van der Waals surface area (Å²) in [6, 6.07) is 8.85. The maximum Gasteiger partial charge on any atom is 0.422 e. The molecule has 11 heteroatoms. The highest BCUT2D eigenvalue weighted by atomic mass is 35.5. The van der Waals surface area contributed by atoms with Gasteiger partial charge in [-0.3, -0.25) is 9.48 Å². The molecule has 0 aliphatic carbocycles. The number of anilines is 1. The van der Waals surface area contributed by atoms with Crippen molar-refractivity contribution in [2.45, 2.75) is 13.1 Å². The number of fused-ring (bicyclic) bond motifs is 1. The summed E-state index contributed by atoms with van der Waals surface area (Å²) in [6.07, 6.45) is -3.06. The molecule has 0 bridgehead atoms. The predicted octanol–water partition coefficient (Wildman–Crippen LogP) is 5.38. The average molecular weight is 465 g/mol. The molecule has 32 heavy (non-hydrogen) atoms. The van der Waals surface area contributed by atoms with Crippen LogP contribution in [0.2, 0.25) is 5.02 Å². The molecule has 0 radical (unpaired) electrons. The van der Waals surface area contributed by atoms with Crippen LogP contribution < -0.4 is 10.1 Å². The number of aryl methyl sites for hydroxylation is 2. The van der Waals surface area contributed by atoms with Crippen molar-refractivity contribution in [1.29, 1.82) is 0 Å². The van der Waals surface area contributed by atoms with Crippen molar-refractivity contribution >= 4 is 34.2 Å². The number of carbonyl (C=O) groups is 1. The van der Waals surface area contributed by atoms with E-state index in [1.165, 1.54) is 35.2 Å². The first-order chi connectivity index (χ1) is 15.1. The number of furan rings is 1. The molecule has 1 amide bonds. The zero-order chi connectivity index (χ0) is 23.0. The van der Waals surface area contributed by atoms with Crippen molar-refractivity contribution in [3.8, 4) is 17.2 Å². The summed E-state index contributed by atoms with van der Waals surface area (Å²) in [5, 5.41) is 7.63. The second-order valence-corrected chi connectivity index (χ2v) is 7.37. The zero-order valence-corrected chi connectivity index (χ0v) is 17.6. The minimum absolute atomic E-state index is 0.00203. The molecule has 7 nitrogen and oxygen atoms in total. The topological polar surface area (TPSA) is 82.2 Å². The Morgan fingerprint density at radius 2 is 2.06 bits per heavy atom. The van der Waals surface area contributed by atoms with Gasteiger partial charge in [0.15, 0.2) is 18.0 Å². The standard InChI is InChI=1S/C21H16ClF3N4O3/c1-11-18-13(9-15(16-4-3-7-31-16)26-19(18)29(2)28-11)20(30)27-14-8-12(22)5-6-17(14)32-10-21(23,24)25/h3-9H,10H2,1-2H3,(H,27,30). The van der Waals surface area contributed by atoms with E-state index in [1.807, 2.05) is 0 Å². The van der Waals surface area contributed by atoms with E-state index in [0.29, 0.717) is 28.2 Å². The maximum atomic E-state index is 13.2. The lowest BCUT2D eigenvalue weighted by Gasteiger charge is -2.15. The van der Waals surface area contributed by atoms with Crippen LogP contribution in [0.4, 0.5) is 18.9 Å². The number of hydrogen-bond acceptors (Lipinski definition) is 5. The normalized spacial score (nSPS) is 11.7. The van der Waals surface area contributed by atoms with Crippen LogP contribution >= 0.6 is 11.6 Å². The van der Waals surface area contributed by atoms with Crippen LogP contribution in [-0.4, -0.2) is 33.5 Å². The van der Waals surface area contributed by atoms with Gasteiger partial charge >= 0.3 is 6.18 Å². The number of aromatic nitrogens is 3. The summed E-state index contributed by atoms with van der Waals surface area (Å²) < 4.78 is 49.6. The molecular weight excluding hydrogens is 449 g/mol. The number of carbonyl (C=O) groups excluding carboxylic acids is 1. The average Bonchev–Trinajstić information content (AvgIpc) is 3.35. The summed E-state index contributed by atoms with van der Waals surface area (Å²) >= 11 is 5.99. The fourth-order valence-corrected chi connectivity index (χ4v) is 3.42. The second-order valence-electron chi connectivity index (χ2n) is 6.94. The molecule has 3 heterocycles. The minimum atomic E-state index is -4.54. The molecule has 3 aromatic heterocycles. The summed E-state index contributed by atoms with van der Waals surface area (Å²) in [6.45, 7) is 0.214. The smallest absolute Gasteiger partial charge is 0.422 e. The Hall–Kier alpha value is -3.53. The SMILES string of the molecule is Cc1nn(C)c2nc(-c3ccco3)cc(C(=O)Nc3cc(Cl)ccc3OCC(F)(F)F)c12. The third-order valence-corrected chi connectivity index (χ3v) is 4.80. The number of benzene rings is 1. The van der Waals surface area contributed by atoms with E-state index in [-0.39, 0.29) is 22.0 Å². The van der Waals surface area contributed by atoms with Crippen LogP contribution in [0.15, 0.2) is 47.1 Å². The van der Waals surface area contributed by atoms with E-state index in [9.17, 15) is 18.0 Å². The van der Waals surface area contributed by atoms with Gasteiger partial charge in [0.05, 0.1) is 28.6 Å². The highest BCUT2D eigenvalue weighted by Crippen LogP contribution is 2.32. The largest absolute Gasteiger partial charge is 0.482 e. The van der Waals surface area contributed by atoms with Crippen molar-refractivity contribution < 1.29 is 27.1 Å². The van der Waals surface area contributed by atoms with Gasteiger partial charge in [0.25, 0.3) is 5.91 Å². The van der Waals surface area contributed by atoms with Gasteiger partial charge < -0.3 is 14.5 Å². The Bertz CT molecular complexity index is 1300. The number of amides is 1. The predicted molar refractivity (Wildman–Crippen MR) is 112 cm³/mol. The van der Waals surface area contributed by atoms with E-state index in [2.05, 4.69) is 15.4 Å². The number of alkyl halides is 3. The molecule has 1 N–H and O–H groups in total. The second kappa shape index (κ2) is 8.19. The minimum Gasteiger partial charge on any atom is -0.482 e. The van der Waals surface area contributed by atoms with E-state index >= 15 is 0 Å². The molecule has 1 aromatic carbocycles. The molecule has 0 atom stereocenters. The van der Waals surface area contributed by atoms with Crippen molar-refractivity contribution in [3.05, 3.63) is 58.9 Å². The van der Waals surface area contributed by atoms with Gasteiger partial charge in [0.1, 0.15) is 11.4 Å². The van der Waals surface area contributed by atoms with Crippen LogP contribution in [-0.2, 0) is 7.05 Å². The third kappa shape index (κ3) is 4.40. The third-order valence-electron chi connectivity index (χ3n) is 4.57. The molecule has 0 fully saturated rings. The molecule has 0 spiro atoms. The van der Waals surface area contributed by atoms with E-state index in [4.69, 9.17) is 20.8 Å². The molecule has 166 valence electrons. The molecule has 0 aliphatic heterocycles. The Balaban J connectivity index is 1.76. The zero-order valence-electron chi connectivity index (χ0n) is 16.8. The van der Waals surface area contributed by atoms with E-state index in [1.54, 1.807) is 26.1 Å². The molecule has 4 rings (SSSR count). The Labute approximate surface area is 184 Å². The van der Waals surface area contributed by atoms with Gasteiger partial charge in [-0.2, -0.15) is 18.3 Å². The van der Waals surface area contributed by atoms with Crippen LogP contribution in [0.5, 0.6) is 5.75 Å². The molecule has 0 unspecified atom stereocenters. The number of nitrogens with zero attached hydrogens (tertiary/aromatic N) is 3. The van der Waals surface area contributed by atoms with E-state index < -0.39 is 18.7 Å². The lowest BCUT2D eigenvalue weighted by molar-refractivity contribution is -0.153. The first kappa shape index (κ1) is 21.7. The number of halogens is 4. The lowest BCUT2D eigenvalue weighted by Crippen LogP contribution is -2.20. The van der Waals surface area contributed by atoms with Gasteiger partial charge in [0.2, 0.25) is 0 Å². The highest BCUT2D eigenvalue weighted by molar-refractivity contribution is 6.31. The van der Waals surface area contributed by atoms with Gasteiger partial charge in [-0.15, -0.1) is 0 Å². The van der Waals surface area contributed by atoms with Crippen molar-refractivity contribution in [2.24, 2.45) is 7.05 Å². The van der Waals surface area contributed by atoms with Crippen LogP contribution in [0.3, 0.4) is 0 Å². The maximum absolute atomic E-state index is 13.2. The Kier molecular flexibility index (Phi) is 5.55. The molecule has 0 aliphatic rings. The van der Waals surface area contributed by atoms with Crippen LogP contribution in [0, 0.1) is 6.92 Å². The van der Waals surface area contributed by atoms with Crippen LogP contribution in [0.25, 0.3) is 22.5 Å². The van der Waals surface area contributed by atoms with Crippen molar-refractivity contribution in [3.63, 3.8) is 0 Å². The summed E-state index contributed by atoms with van der Waals surface area (Å²) in [4.78, 5) is 17.8. The molecule has 0 saturated heterocycles. The molecule has 4 aromatic rings. The van der Waals surface area contributed by atoms with Gasteiger partial charge in [-0.05, 0) is 43.3 Å². The van der Waals surface area contributed by atoms with Gasteiger partial charge in [-0.25, -0.2) is 4.98 Å². The lowest BCUT2D eigenvalue weighted by atomic mass is 10.1. The van der Waals surface area contributed by atoms with Crippen LogP contribution in [0.1, 0.15) is 16.1 Å². The quantitative estimate of drug-likeness (QED) is 0.428. The Morgan fingerprint density at radius 3 is 2.75 bits per heavy atom. The van der Waals surface area contributed by atoms with E-state index in [0.717, 1.165) is 0 Å². The highest BCUT2D eigenvalue weighted by Gasteiger charge is 2.29. The molecule has 0 saturated carbocycles.